The van der Waals surface area contributed by atoms with Gasteiger partial charge >= 0.3 is 0 Å². The van der Waals surface area contributed by atoms with Crippen LogP contribution in [0, 0.1) is 0 Å². The maximum absolute atomic E-state index is 9.47. The summed E-state index contributed by atoms with van der Waals surface area (Å²) < 4.78 is 0. The van der Waals surface area contributed by atoms with Gasteiger partial charge in [-0.05, 0) is 66.0 Å². The van der Waals surface area contributed by atoms with Gasteiger partial charge in [0.25, 0.3) is 0 Å². The van der Waals surface area contributed by atoms with Crippen molar-refractivity contribution in [2.75, 3.05) is 0 Å². The lowest BCUT2D eigenvalue weighted by Gasteiger charge is -2.39. The van der Waals surface area contributed by atoms with Gasteiger partial charge in [-0.3, -0.25) is 0 Å². The third-order valence-corrected chi connectivity index (χ3v) is 4.91. The minimum absolute atomic E-state index is 0.161. The molecule has 2 nitrogen and oxygen atoms in total. The first-order valence-electron chi connectivity index (χ1n) is 7.65. The largest absolute Gasteiger partial charge is 0.508 e. The summed E-state index contributed by atoms with van der Waals surface area (Å²) in [7, 11) is 0. The van der Waals surface area contributed by atoms with Crippen LogP contribution >= 0.6 is 0 Å². The van der Waals surface area contributed by atoms with Crippen LogP contribution in [-0.4, -0.2) is 10.2 Å². The molecule has 0 heterocycles. The molecule has 2 aromatic rings. The summed E-state index contributed by atoms with van der Waals surface area (Å²) in [4.78, 5) is 0. The van der Waals surface area contributed by atoms with E-state index < -0.39 is 0 Å². The van der Waals surface area contributed by atoms with Crippen LogP contribution in [0.2, 0.25) is 0 Å². The number of hydrogen-bond donors (Lipinski definition) is 2. The molecule has 21 heavy (non-hydrogen) atoms. The van der Waals surface area contributed by atoms with Crippen LogP contribution in [0.1, 0.15) is 49.7 Å². The lowest BCUT2D eigenvalue weighted by molar-refractivity contribution is 0.287. The Balaban J connectivity index is 1.84. The molecule has 1 saturated carbocycles. The molecule has 2 N–H and O–H groups in total. The fourth-order valence-electron chi connectivity index (χ4n) is 3.64. The molecule has 2 aromatic carbocycles. The molecule has 0 spiro atoms. The van der Waals surface area contributed by atoms with Crippen LogP contribution in [0.25, 0.3) is 0 Å². The molecule has 3 rings (SSSR count). The zero-order chi connectivity index (χ0) is 14.9. The summed E-state index contributed by atoms with van der Waals surface area (Å²) in [6.45, 7) is 2.33. The number of phenols is 2. The van der Waals surface area contributed by atoms with Crippen LogP contribution < -0.4 is 0 Å². The van der Waals surface area contributed by atoms with E-state index in [9.17, 15) is 10.2 Å². The predicted octanol–water partition coefficient (Wildman–Crippen LogP) is 4.71. The Kier molecular flexibility index (Phi) is 3.62. The smallest absolute Gasteiger partial charge is 0.115 e. The van der Waals surface area contributed by atoms with E-state index in [0.29, 0.717) is 17.4 Å². The van der Waals surface area contributed by atoms with Crippen molar-refractivity contribution >= 4 is 0 Å². The quantitative estimate of drug-likeness (QED) is 0.837. The van der Waals surface area contributed by atoms with Crippen molar-refractivity contribution in [3.8, 4) is 11.5 Å². The van der Waals surface area contributed by atoms with Crippen molar-refractivity contribution in [1.82, 2.24) is 0 Å². The minimum atomic E-state index is 0.161. The molecule has 1 fully saturated rings. The molecule has 0 amide bonds. The Morgan fingerprint density at radius 3 is 2.10 bits per heavy atom. The van der Waals surface area contributed by atoms with E-state index in [2.05, 4.69) is 19.1 Å². The van der Waals surface area contributed by atoms with E-state index in [0.717, 1.165) is 6.42 Å². The average molecular weight is 282 g/mol. The average Bonchev–Trinajstić information content (AvgIpc) is 2.48. The standard InChI is InChI=1S/C19H22O2/c1-19(16-6-10-18(21)11-7-16)12-2-3-15(13-19)14-4-8-17(20)9-5-14/h4-11,15,20-21H,2-3,12-13H2,1H3. The van der Waals surface area contributed by atoms with Gasteiger partial charge in [-0.15, -0.1) is 0 Å². The highest BCUT2D eigenvalue weighted by Gasteiger charge is 2.34. The molecule has 1 aliphatic carbocycles. The SMILES string of the molecule is CC1(c2ccc(O)cc2)CCCC(c2ccc(O)cc2)C1. The molecule has 2 atom stereocenters. The number of hydrogen-bond acceptors (Lipinski definition) is 2. The molecule has 2 unspecified atom stereocenters. The summed E-state index contributed by atoms with van der Waals surface area (Å²) in [6.07, 6.45) is 4.72. The first kappa shape index (κ1) is 14.0. The zero-order valence-corrected chi connectivity index (χ0v) is 12.4. The lowest BCUT2D eigenvalue weighted by atomic mass is 9.66. The van der Waals surface area contributed by atoms with Gasteiger partial charge in [0.05, 0.1) is 0 Å². The van der Waals surface area contributed by atoms with Gasteiger partial charge in [0.15, 0.2) is 0 Å². The maximum Gasteiger partial charge on any atom is 0.115 e. The van der Waals surface area contributed by atoms with E-state index >= 15 is 0 Å². The van der Waals surface area contributed by atoms with Crippen LogP contribution in [0.15, 0.2) is 48.5 Å². The van der Waals surface area contributed by atoms with Crippen LogP contribution in [0.4, 0.5) is 0 Å². The monoisotopic (exact) mass is 282 g/mol. The van der Waals surface area contributed by atoms with Gasteiger partial charge in [-0.1, -0.05) is 37.6 Å². The van der Waals surface area contributed by atoms with E-state index in [-0.39, 0.29) is 5.41 Å². The van der Waals surface area contributed by atoms with E-state index in [1.54, 1.807) is 24.3 Å². The molecular formula is C19H22O2. The summed E-state index contributed by atoms with van der Waals surface area (Å²) >= 11 is 0. The van der Waals surface area contributed by atoms with Crippen molar-refractivity contribution < 1.29 is 10.2 Å². The second-order valence-electron chi connectivity index (χ2n) is 6.49. The highest BCUT2D eigenvalue weighted by molar-refractivity contribution is 5.34. The Hall–Kier alpha value is -1.96. The first-order chi connectivity index (χ1) is 10.1. The first-order valence-corrected chi connectivity index (χ1v) is 7.65. The number of aromatic hydroxyl groups is 2. The zero-order valence-electron chi connectivity index (χ0n) is 12.4. The number of rotatable bonds is 2. The Labute approximate surface area is 126 Å². The number of benzene rings is 2. The molecule has 1 aliphatic rings. The molecule has 0 radical (unpaired) electrons. The normalized spacial score (nSPS) is 25.7. The fourth-order valence-corrected chi connectivity index (χ4v) is 3.64. The highest BCUT2D eigenvalue weighted by Crippen LogP contribution is 2.45. The second-order valence-corrected chi connectivity index (χ2v) is 6.49. The Morgan fingerprint density at radius 2 is 1.48 bits per heavy atom. The van der Waals surface area contributed by atoms with Gasteiger partial charge in [-0.2, -0.15) is 0 Å². The number of phenolic OH excluding ortho intramolecular Hbond substituents is 2. The topological polar surface area (TPSA) is 40.5 Å². The van der Waals surface area contributed by atoms with E-state index in [1.807, 2.05) is 12.1 Å². The van der Waals surface area contributed by atoms with Gasteiger partial charge < -0.3 is 10.2 Å². The Morgan fingerprint density at radius 1 is 0.905 bits per heavy atom. The van der Waals surface area contributed by atoms with Gasteiger partial charge in [0.1, 0.15) is 11.5 Å². The van der Waals surface area contributed by atoms with Crippen molar-refractivity contribution in [3.63, 3.8) is 0 Å². The second kappa shape index (κ2) is 5.44. The van der Waals surface area contributed by atoms with Crippen LogP contribution in [0.3, 0.4) is 0 Å². The van der Waals surface area contributed by atoms with Gasteiger partial charge in [0, 0.05) is 0 Å². The third-order valence-electron chi connectivity index (χ3n) is 4.91. The molecule has 0 aromatic heterocycles. The van der Waals surface area contributed by atoms with Crippen LogP contribution in [-0.2, 0) is 5.41 Å². The molecule has 2 heteroatoms. The maximum atomic E-state index is 9.47. The molecule has 0 saturated heterocycles. The fraction of sp³-hybridized carbons (Fsp3) is 0.368. The summed E-state index contributed by atoms with van der Waals surface area (Å²) in [5.74, 6) is 1.20. The third kappa shape index (κ3) is 2.90. The molecule has 110 valence electrons. The van der Waals surface area contributed by atoms with E-state index in [4.69, 9.17) is 0 Å². The van der Waals surface area contributed by atoms with Crippen molar-refractivity contribution in [1.29, 1.82) is 0 Å². The van der Waals surface area contributed by atoms with Crippen molar-refractivity contribution in [3.05, 3.63) is 59.7 Å². The Bertz CT molecular complexity index is 600. The predicted molar refractivity (Wildman–Crippen MR) is 84.8 cm³/mol. The molecular weight excluding hydrogens is 260 g/mol. The molecule has 0 bridgehead atoms. The van der Waals surface area contributed by atoms with Crippen molar-refractivity contribution in [2.24, 2.45) is 0 Å². The van der Waals surface area contributed by atoms with Gasteiger partial charge in [-0.25, -0.2) is 0 Å². The minimum Gasteiger partial charge on any atom is -0.508 e. The van der Waals surface area contributed by atoms with Gasteiger partial charge in [0.2, 0.25) is 0 Å². The van der Waals surface area contributed by atoms with Crippen LogP contribution in [0.5, 0.6) is 11.5 Å². The van der Waals surface area contributed by atoms with Crippen molar-refractivity contribution in [2.45, 2.75) is 43.9 Å². The summed E-state index contributed by atoms with van der Waals surface area (Å²) in [5, 5.41) is 18.9. The highest BCUT2D eigenvalue weighted by atomic mass is 16.3. The summed E-state index contributed by atoms with van der Waals surface area (Å²) in [6, 6.07) is 15.3. The van der Waals surface area contributed by atoms with E-state index in [1.165, 1.54) is 30.4 Å². The molecule has 0 aliphatic heterocycles. The summed E-state index contributed by atoms with van der Waals surface area (Å²) in [5.41, 5.74) is 2.79. The lowest BCUT2D eigenvalue weighted by Crippen LogP contribution is -2.29.